The number of thiophene rings is 1. The lowest BCUT2D eigenvalue weighted by Gasteiger charge is -2.00. The molecule has 0 amide bonds. The van der Waals surface area contributed by atoms with Crippen LogP contribution in [0.25, 0.3) is 0 Å². The summed E-state index contributed by atoms with van der Waals surface area (Å²) in [5, 5.41) is 10.6. The summed E-state index contributed by atoms with van der Waals surface area (Å²) >= 11 is 1.56. The Kier molecular flexibility index (Phi) is 4.29. The van der Waals surface area contributed by atoms with Crippen LogP contribution >= 0.6 is 11.3 Å². The summed E-state index contributed by atoms with van der Waals surface area (Å²) in [5.74, 6) is 5.83. The minimum atomic E-state index is -0.0636. The van der Waals surface area contributed by atoms with E-state index in [1.807, 2.05) is 11.4 Å². The lowest BCUT2D eigenvalue weighted by molar-refractivity contribution is 0.305. The van der Waals surface area contributed by atoms with Crippen LogP contribution in [0, 0.1) is 11.8 Å². The maximum absolute atomic E-state index is 11.5. The smallest absolute Gasteiger partial charge is 0.253 e. The Morgan fingerprint density at radius 2 is 2.39 bits per heavy atom. The van der Waals surface area contributed by atoms with Crippen LogP contribution in [0.1, 0.15) is 16.9 Å². The average Bonchev–Trinajstić information content (AvgIpc) is 2.80. The molecule has 2 heterocycles. The molecule has 0 bridgehead atoms. The van der Waals surface area contributed by atoms with Crippen molar-refractivity contribution >= 4 is 11.3 Å². The van der Waals surface area contributed by atoms with E-state index >= 15 is 0 Å². The quantitative estimate of drug-likeness (QED) is 0.840. The fourth-order valence-corrected chi connectivity index (χ4v) is 2.23. The third-order valence-corrected chi connectivity index (χ3v) is 3.16. The third kappa shape index (κ3) is 3.29. The highest BCUT2D eigenvalue weighted by molar-refractivity contribution is 7.10. The molecule has 0 fully saturated rings. The van der Waals surface area contributed by atoms with Crippen LogP contribution in [-0.2, 0) is 6.54 Å². The molecule has 0 saturated heterocycles. The number of nitrogens with zero attached hydrogens (tertiary/aromatic N) is 2. The molecule has 1 N–H and O–H groups in total. The molecule has 18 heavy (non-hydrogen) atoms. The largest absolute Gasteiger partial charge is 0.395 e. The van der Waals surface area contributed by atoms with Crippen molar-refractivity contribution in [3.05, 3.63) is 50.8 Å². The number of aliphatic hydroxyl groups excluding tert-OH is 1. The van der Waals surface area contributed by atoms with Crippen molar-refractivity contribution in [2.45, 2.75) is 13.0 Å². The molecule has 0 aromatic carbocycles. The fourth-order valence-electron chi connectivity index (χ4n) is 1.41. The molecule has 2 rings (SSSR count). The molecule has 0 unspecified atom stereocenters. The lowest BCUT2D eigenvalue weighted by atomic mass is 10.3. The second kappa shape index (κ2) is 6.15. The van der Waals surface area contributed by atoms with Crippen molar-refractivity contribution in [3.63, 3.8) is 0 Å². The van der Waals surface area contributed by atoms with E-state index in [0.717, 1.165) is 10.4 Å². The Morgan fingerprint density at radius 1 is 1.50 bits per heavy atom. The first-order chi connectivity index (χ1) is 8.79. The van der Waals surface area contributed by atoms with Gasteiger partial charge in [-0.15, -0.1) is 11.3 Å². The predicted octanol–water partition coefficient (Wildman–Crippen LogP) is 1.09. The molecule has 0 radical (unpaired) electrons. The minimum Gasteiger partial charge on any atom is -0.395 e. The van der Waals surface area contributed by atoms with Gasteiger partial charge in [0.25, 0.3) is 5.56 Å². The maximum atomic E-state index is 11.5. The zero-order chi connectivity index (χ0) is 12.8. The predicted molar refractivity (Wildman–Crippen MR) is 70.5 cm³/mol. The molecule has 4 nitrogen and oxygen atoms in total. The Balaban J connectivity index is 2.10. The van der Waals surface area contributed by atoms with Gasteiger partial charge in [0, 0.05) is 34.5 Å². The van der Waals surface area contributed by atoms with E-state index in [2.05, 4.69) is 16.8 Å². The highest BCUT2D eigenvalue weighted by atomic mass is 32.1. The van der Waals surface area contributed by atoms with Gasteiger partial charge in [-0.1, -0.05) is 11.8 Å². The second-order valence-electron chi connectivity index (χ2n) is 3.62. The monoisotopic (exact) mass is 260 g/mol. The summed E-state index contributed by atoms with van der Waals surface area (Å²) in [6.07, 6.45) is 3.49. The summed E-state index contributed by atoms with van der Waals surface area (Å²) < 4.78 is 1.55. The SMILES string of the molecule is O=c1ccncn1Cc1cc(C#CCCO)cs1. The highest BCUT2D eigenvalue weighted by Crippen LogP contribution is 2.14. The summed E-state index contributed by atoms with van der Waals surface area (Å²) in [6.45, 7) is 0.591. The van der Waals surface area contributed by atoms with Gasteiger partial charge in [-0.25, -0.2) is 4.98 Å². The highest BCUT2D eigenvalue weighted by Gasteiger charge is 2.00. The number of hydrogen-bond acceptors (Lipinski definition) is 4. The standard InChI is InChI=1S/C13H12N2O2S/c16-6-2-1-3-11-7-12(18-9-11)8-15-10-14-5-4-13(15)17/h4-5,7,9-10,16H,2,6,8H2. The van der Waals surface area contributed by atoms with E-state index in [9.17, 15) is 4.79 Å². The van der Waals surface area contributed by atoms with Crippen LogP contribution in [0.5, 0.6) is 0 Å². The molecule has 92 valence electrons. The van der Waals surface area contributed by atoms with Crippen LogP contribution in [0.2, 0.25) is 0 Å². The number of aliphatic hydroxyl groups is 1. The van der Waals surface area contributed by atoms with Crippen molar-refractivity contribution in [1.29, 1.82) is 0 Å². The zero-order valence-corrected chi connectivity index (χ0v) is 10.5. The first-order valence-corrected chi connectivity index (χ1v) is 6.35. The molecule has 0 spiro atoms. The van der Waals surface area contributed by atoms with E-state index in [4.69, 9.17) is 5.11 Å². The number of aromatic nitrogens is 2. The van der Waals surface area contributed by atoms with Crippen molar-refractivity contribution in [2.24, 2.45) is 0 Å². The molecule has 0 aliphatic rings. The second-order valence-corrected chi connectivity index (χ2v) is 4.62. The Morgan fingerprint density at radius 3 is 3.17 bits per heavy atom. The van der Waals surface area contributed by atoms with Crippen LogP contribution in [0.4, 0.5) is 0 Å². The minimum absolute atomic E-state index is 0.0636. The molecule has 2 aromatic heterocycles. The van der Waals surface area contributed by atoms with E-state index in [0.29, 0.717) is 13.0 Å². The van der Waals surface area contributed by atoms with Gasteiger partial charge in [-0.2, -0.15) is 0 Å². The van der Waals surface area contributed by atoms with Gasteiger partial charge in [-0.05, 0) is 6.07 Å². The average molecular weight is 260 g/mol. The first-order valence-electron chi connectivity index (χ1n) is 5.47. The molecular weight excluding hydrogens is 248 g/mol. The van der Waals surface area contributed by atoms with Crippen molar-refractivity contribution in [3.8, 4) is 11.8 Å². The summed E-state index contributed by atoms with van der Waals surface area (Å²) in [7, 11) is 0. The normalized spacial score (nSPS) is 9.83. The fraction of sp³-hybridized carbons (Fsp3) is 0.231. The third-order valence-electron chi connectivity index (χ3n) is 2.24. The Bertz CT molecular complexity index is 634. The molecule has 0 aliphatic carbocycles. The van der Waals surface area contributed by atoms with Crippen LogP contribution in [-0.4, -0.2) is 21.3 Å². The number of hydrogen-bond donors (Lipinski definition) is 1. The Hall–Kier alpha value is -1.90. The Labute approximate surface area is 109 Å². The van der Waals surface area contributed by atoms with Crippen molar-refractivity contribution in [2.75, 3.05) is 6.61 Å². The maximum Gasteiger partial charge on any atom is 0.253 e. The van der Waals surface area contributed by atoms with Gasteiger partial charge < -0.3 is 5.11 Å². The van der Waals surface area contributed by atoms with E-state index in [1.165, 1.54) is 18.6 Å². The first kappa shape index (κ1) is 12.6. The van der Waals surface area contributed by atoms with Gasteiger partial charge >= 0.3 is 0 Å². The molecule has 5 heteroatoms. The van der Waals surface area contributed by atoms with Gasteiger partial charge in [0.15, 0.2) is 0 Å². The molecule has 0 aliphatic heterocycles. The van der Waals surface area contributed by atoms with Crippen LogP contribution in [0.3, 0.4) is 0 Å². The van der Waals surface area contributed by atoms with Gasteiger partial charge in [0.2, 0.25) is 0 Å². The molecule has 0 saturated carbocycles. The van der Waals surface area contributed by atoms with E-state index < -0.39 is 0 Å². The van der Waals surface area contributed by atoms with E-state index in [-0.39, 0.29) is 12.2 Å². The van der Waals surface area contributed by atoms with E-state index in [1.54, 1.807) is 15.9 Å². The van der Waals surface area contributed by atoms with Crippen LogP contribution < -0.4 is 5.56 Å². The summed E-state index contributed by atoms with van der Waals surface area (Å²) in [5.41, 5.74) is 0.853. The number of rotatable bonds is 3. The molecular formula is C13H12N2O2S. The van der Waals surface area contributed by atoms with Gasteiger partial charge in [0.05, 0.1) is 19.5 Å². The molecule has 2 aromatic rings. The zero-order valence-electron chi connectivity index (χ0n) is 9.67. The summed E-state index contributed by atoms with van der Waals surface area (Å²) in [4.78, 5) is 16.5. The lowest BCUT2D eigenvalue weighted by Crippen LogP contribution is -2.18. The van der Waals surface area contributed by atoms with Crippen molar-refractivity contribution in [1.82, 2.24) is 9.55 Å². The molecule has 0 atom stereocenters. The van der Waals surface area contributed by atoms with Gasteiger partial charge in [0.1, 0.15) is 0 Å². The van der Waals surface area contributed by atoms with Gasteiger partial charge in [-0.3, -0.25) is 9.36 Å². The van der Waals surface area contributed by atoms with Crippen LogP contribution in [0.15, 0.2) is 34.8 Å². The van der Waals surface area contributed by atoms with Crippen molar-refractivity contribution < 1.29 is 5.11 Å². The topological polar surface area (TPSA) is 55.1 Å². The summed E-state index contributed by atoms with van der Waals surface area (Å²) in [6, 6.07) is 3.39.